The molecule has 0 aromatic carbocycles. The highest BCUT2D eigenvalue weighted by atomic mass is 32.2. The zero-order valence-corrected chi connectivity index (χ0v) is 22.1. The fourth-order valence-corrected chi connectivity index (χ4v) is 8.80. The SMILES string of the molecule is CCCS(=O)(=O)N1CCC(CCN(C)S(=O)(=O)N2CCN(c3ncnc4[nH]ccc34)CC23CC3)C1. The summed E-state index contributed by atoms with van der Waals surface area (Å²) in [5.74, 6) is 1.21. The Hall–Kier alpha value is -1.80. The molecule has 5 rings (SSSR count). The van der Waals surface area contributed by atoms with E-state index in [0.717, 1.165) is 36.1 Å². The van der Waals surface area contributed by atoms with Gasteiger partial charge in [-0.15, -0.1) is 0 Å². The van der Waals surface area contributed by atoms with Crippen molar-refractivity contribution in [3.05, 3.63) is 18.6 Å². The topological polar surface area (TPSA) is 123 Å². The summed E-state index contributed by atoms with van der Waals surface area (Å²) in [7, 11) is -5.17. The molecule has 35 heavy (non-hydrogen) atoms. The number of hydrogen-bond donors (Lipinski definition) is 1. The summed E-state index contributed by atoms with van der Waals surface area (Å²) in [4.78, 5) is 14.1. The summed E-state index contributed by atoms with van der Waals surface area (Å²) < 4.78 is 56.5. The molecule has 2 aliphatic heterocycles. The lowest BCUT2D eigenvalue weighted by molar-refractivity contribution is 0.248. The number of nitrogens with zero attached hydrogens (tertiary/aromatic N) is 6. The lowest BCUT2D eigenvalue weighted by Gasteiger charge is -2.43. The number of anilines is 1. The molecule has 0 amide bonds. The molecule has 0 bridgehead atoms. The van der Waals surface area contributed by atoms with Gasteiger partial charge in [0.15, 0.2) is 0 Å². The minimum atomic E-state index is -3.62. The van der Waals surface area contributed by atoms with Crippen molar-refractivity contribution < 1.29 is 16.8 Å². The van der Waals surface area contributed by atoms with Gasteiger partial charge in [0.25, 0.3) is 10.2 Å². The van der Waals surface area contributed by atoms with E-state index < -0.39 is 25.8 Å². The third kappa shape index (κ3) is 4.68. The van der Waals surface area contributed by atoms with Crippen LogP contribution in [0.1, 0.15) is 39.0 Å². The second-order valence-corrected chi connectivity index (χ2v) is 14.2. The second kappa shape index (κ2) is 9.25. The molecule has 1 aliphatic carbocycles. The maximum Gasteiger partial charge on any atom is 0.282 e. The maximum absolute atomic E-state index is 13.6. The standard InChI is InChI=1S/C22H35N7O4S2/c1-3-14-34(30,31)28-11-6-18(15-28)5-10-26(2)35(32,33)29-13-12-27(16-22(29)7-8-22)21-19-4-9-23-20(19)24-17-25-21/h4,9,17-18H,3,5-8,10-16H2,1-2H3,(H,23,24,25). The first kappa shape index (κ1) is 24.9. The van der Waals surface area contributed by atoms with Crippen LogP contribution in [0.25, 0.3) is 11.0 Å². The van der Waals surface area contributed by atoms with Gasteiger partial charge in [-0.2, -0.15) is 17.0 Å². The van der Waals surface area contributed by atoms with Crippen LogP contribution in [0.4, 0.5) is 5.82 Å². The molecule has 13 heteroatoms. The van der Waals surface area contributed by atoms with Gasteiger partial charge in [0.05, 0.1) is 16.7 Å². The van der Waals surface area contributed by atoms with E-state index in [0.29, 0.717) is 52.1 Å². The lowest BCUT2D eigenvalue weighted by Crippen LogP contribution is -2.59. The van der Waals surface area contributed by atoms with Crippen LogP contribution in [-0.2, 0) is 20.2 Å². The van der Waals surface area contributed by atoms with Gasteiger partial charge in [-0.05, 0) is 44.1 Å². The number of rotatable bonds is 9. The molecule has 3 fully saturated rings. The Morgan fingerprint density at radius 1 is 1.17 bits per heavy atom. The Morgan fingerprint density at radius 3 is 2.71 bits per heavy atom. The molecule has 1 atom stereocenters. The molecule has 0 radical (unpaired) electrons. The largest absolute Gasteiger partial charge is 0.353 e. The molecule has 3 aliphatic rings. The van der Waals surface area contributed by atoms with E-state index in [4.69, 9.17) is 0 Å². The maximum atomic E-state index is 13.6. The Balaban J connectivity index is 1.21. The Bertz CT molecular complexity index is 1280. The Morgan fingerprint density at radius 2 is 1.97 bits per heavy atom. The van der Waals surface area contributed by atoms with E-state index in [2.05, 4.69) is 19.9 Å². The van der Waals surface area contributed by atoms with Crippen molar-refractivity contribution in [2.45, 2.75) is 44.6 Å². The molecular formula is C22H35N7O4S2. The summed E-state index contributed by atoms with van der Waals surface area (Å²) in [6.07, 6.45) is 7.11. The zero-order valence-electron chi connectivity index (χ0n) is 20.4. The van der Waals surface area contributed by atoms with Crippen LogP contribution in [0, 0.1) is 5.92 Å². The predicted octanol–water partition coefficient (Wildman–Crippen LogP) is 1.24. The van der Waals surface area contributed by atoms with Gasteiger partial charge >= 0.3 is 0 Å². The average Bonchev–Trinajstić information content (AvgIpc) is 3.23. The number of piperazine rings is 1. The van der Waals surface area contributed by atoms with Gasteiger partial charge in [-0.25, -0.2) is 22.7 Å². The molecule has 2 aromatic rings. The first-order valence-corrected chi connectivity index (χ1v) is 15.4. The van der Waals surface area contributed by atoms with Crippen LogP contribution in [-0.4, -0.2) is 102 Å². The summed E-state index contributed by atoms with van der Waals surface area (Å²) in [6.45, 7) is 4.88. The van der Waals surface area contributed by atoms with Crippen molar-refractivity contribution in [3.8, 4) is 0 Å². The van der Waals surface area contributed by atoms with Gasteiger partial charge in [0.1, 0.15) is 17.8 Å². The van der Waals surface area contributed by atoms with Gasteiger partial charge < -0.3 is 9.88 Å². The van der Waals surface area contributed by atoms with Crippen molar-refractivity contribution in [2.24, 2.45) is 5.92 Å². The number of sulfonamides is 1. The number of aromatic amines is 1. The summed E-state index contributed by atoms with van der Waals surface area (Å²) >= 11 is 0. The van der Waals surface area contributed by atoms with E-state index in [9.17, 15) is 16.8 Å². The molecule has 11 nitrogen and oxygen atoms in total. The molecule has 4 heterocycles. The predicted molar refractivity (Wildman–Crippen MR) is 135 cm³/mol. The summed E-state index contributed by atoms with van der Waals surface area (Å²) in [5, 5.41) is 0.947. The molecule has 1 saturated carbocycles. The van der Waals surface area contributed by atoms with Crippen LogP contribution < -0.4 is 4.90 Å². The Labute approximate surface area is 207 Å². The van der Waals surface area contributed by atoms with Crippen LogP contribution in [0.15, 0.2) is 18.6 Å². The first-order valence-electron chi connectivity index (χ1n) is 12.4. The highest BCUT2D eigenvalue weighted by Crippen LogP contribution is 2.47. The number of nitrogens with one attached hydrogen (secondary N) is 1. The highest BCUT2D eigenvalue weighted by Gasteiger charge is 2.56. The number of H-pyrrole nitrogens is 1. The van der Waals surface area contributed by atoms with Crippen LogP contribution in [0.3, 0.4) is 0 Å². The normalized spacial score (nSPS) is 23.6. The monoisotopic (exact) mass is 525 g/mol. The summed E-state index contributed by atoms with van der Waals surface area (Å²) in [5.41, 5.74) is 0.389. The molecule has 1 unspecified atom stereocenters. The second-order valence-electron chi connectivity index (χ2n) is 10.1. The minimum absolute atomic E-state index is 0.173. The molecular weight excluding hydrogens is 490 g/mol. The molecule has 2 saturated heterocycles. The van der Waals surface area contributed by atoms with Gasteiger partial charge in [-0.3, -0.25) is 0 Å². The van der Waals surface area contributed by atoms with Crippen molar-refractivity contribution in [1.29, 1.82) is 0 Å². The van der Waals surface area contributed by atoms with Crippen LogP contribution in [0.2, 0.25) is 0 Å². The van der Waals surface area contributed by atoms with Gasteiger partial charge in [0.2, 0.25) is 10.0 Å². The van der Waals surface area contributed by atoms with Crippen molar-refractivity contribution in [3.63, 3.8) is 0 Å². The molecule has 2 aromatic heterocycles. The van der Waals surface area contributed by atoms with E-state index in [1.54, 1.807) is 22.0 Å². The van der Waals surface area contributed by atoms with Gasteiger partial charge in [0, 0.05) is 52.5 Å². The van der Waals surface area contributed by atoms with E-state index >= 15 is 0 Å². The molecule has 194 valence electrons. The average molecular weight is 526 g/mol. The molecule has 1 N–H and O–H groups in total. The quantitative estimate of drug-likeness (QED) is 0.523. The lowest BCUT2D eigenvalue weighted by atomic mass is 10.1. The van der Waals surface area contributed by atoms with E-state index in [1.807, 2.05) is 19.2 Å². The number of hydrogen-bond acceptors (Lipinski definition) is 7. The van der Waals surface area contributed by atoms with Crippen LogP contribution in [0.5, 0.6) is 0 Å². The minimum Gasteiger partial charge on any atom is -0.353 e. The van der Waals surface area contributed by atoms with E-state index in [-0.39, 0.29) is 11.7 Å². The smallest absolute Gasteiger partial charge is 0.282 e. The third-order valence-electron chi connectivity index (χ3n) is 7.68. The highest BCUT2D eigenvalue weighted by molar-refractivity contribution is 7.89. The summed E-state index contributed by atoms with van der Waals surface area (Å²) in [6, 6.07) is 1.96. The van der Waals surface area contributed by atoms with E-state index in [1.165, 1.54) is 4.31 Å². The first-order chi connectivity index (χ1) is 16.7. The zero-order chi connectivity index (χ0) is 24.8. The molecule has 1 spiro atoms. The Kier molecular flexibility index (Phi) is 6.58. The number of fused-ring (bicyclic) bond motifs is 1. The van der Waals surface area contributed by atoms with Crippen molar-refractivity contribution in [2.75, 3.05) is 57.0 Å². The van der Waals surface area contributed by atoms with Gasteiger partial charge in [-0.1, -0.05) is 6.92 Å². The fourth-order valence-electron chi connectivity index (χ4n) is 5.49. The van der Waals surface area contributed by atoms with Crippen LogP contribution >= 0.6 is 0 Å². The third-order valence-corrected chi connectivity index (χ3v) is 11.8. The number of aromatic nitrogens is 3. The van der Waals surface area contributed by atoms with Crippen molar-refractivity contribution >= 4 is 37.1 Å². The fraction of sp³-hybridized carbons (Fsp3) is 0.727. The van der Waals surface area contributed by atoms with Crippen molar-refractivity contribution in [1.82, 2.24) is 27.9 Å².